The van der Waals surface area contributed by atoms with Crippen molar-refractivity contribution in [2.45, 2.75) is 13.0 Å². The topological polar surface area (TPSA) is 45.5 Å². The summed E-state index contributed by atoms with van der Waals surface area (Å²) in [5, 5.41) is 7.06. The van der Waals surface area contributed by atoms with E-state index in [1.54, 1.807) is 23.5 Å². The summed E-state index contributed by atoms with van der Waals surface area (Å²) in [6, 6.07) is 5.74. The summed E-state index contributed by atoms with van der Waals surface area (Å²) in [5.74, 6) is 0.933. The molecule has 2 aromatic rings. The molecule has 0 fully saturated rings. The maximum absolute atomic E-state index is 11.9. The zero-order chi connectivity index (χ0) is 13.8. The molecule has 2 aromatic heterocycles. The molecule has 1 atom stereocenters. The highest BCUT2D eigenvalue weighted by Crippen LogP contribution is 2.20. The summed E-state index contributed by atoms with van der Waals surface area (Å²) in [6.45, 7) is 2.38. The molecular formula is C14H18N2O2S. The van der Waals surface area contributed by atoms with Crippen molar-refractivity contribution in [3.63, 3.8) is 0 Å². The van der Waals surface area contributed by atoms with Crippen LogP contribution in [-0.4, -0.2) is 31.4 Å². The van der Waals surface area contributed by atoms with E-state index in [0.717, 1.165) is 5.76 Å². The van der Waals surface area contributed by atoms with Crippen LogP contribution in [0.25, 0.3) is 0 Å². The van der Waals surface area contributed by atoms with Gasteiger partial charge in [0.1, 0.15) is 5.76 Å². The van der Waals surface area contributed by atoms with Gasteiger partial charge in [-0.15, -0.1) is 0 Å². The average Bonchev–Trinajstić information content (AvgIpc) is 3.00. The number of amides is 1. The zero-order valence-corrected chi connectivity index (χ0v) is 12.2. The number of carbonyl (C=O) groups is 1. The number of furan rings is 1. The minimum Gasteiger partial charge on any atom is -0.456 e. The number of likely N-dealkylation sites (N-methyl/N-ethyl adjacent to an activating group) is 1. The van der Waals surface area contributed by atoms with Crippen LogP contribution in [0.1, 0.15) is 27.9 Å². The lowest BCUT2D eigenvalue weighted by atomic mass is 10.1. The zero-order valence-electron chi connectivity index (χ0n) is 11.3. The molecule has 0 aliphatic rings. The Morgan fingerprint density at radius 2 is 2.21 bits per heavy atom. The second kappa shape index (κ2) is 6.04. The van der Waals surface area contributed by atoms with Crippen LogP contribution in [0, 0.1) is 6.92 Å². The molecule has 2 heterocycles. The third-order valence-corrected chi connectivity index (χ3v) is 3.67. The van der Waals surface area contributed by atoms with Crippen molar-refractivity contribution >= 4 is 17.2 Å². The van der Waals surface area contributed by atoms with Crippen molar-refractivity contribution in [2.75, 3.05) is 20.6 Å². The molecule has 0 unspecified atom stereocenters. The van der Waals surface area contributed by atoms with Crippen LogP contribution in [0.3, 0.4) is 0 Å². The van der Waals surface area contributed by atoms with Crippen molar-refractivity contribution in [1.82, 2.24) is 10.2 Å². The lowest BCUT2D eigenvalue weighted by molar-refractivity contribution is 0.0913. The Morgan fingerprint density at radius 3 is 2.74 bits per heavy atom. The normalized spacial score (nSPS) is 12.6. The summed E-state index contributed by atoms with van der Waals surface area (Å²) in [4.78, 5) is 14.0. The van der Waals surface area contributed by atoms with Gasteiger partial charge in [-0.3, -0.25) is 4.79 Å². The minimum atomic E-state index is -0.171. The molecule has 0 saturated heterocycles. The van der Waals surface area contributed by atoms with E-state index in [2.05, 4.69) is 21.7 Å². The van der Waals surface area contributed by atoms with Gasteiger partial charge in [-0.1, -0.05) is 0 Å². The second-order valence-corrected chi connectivity index (χ2v) is 5.44. The summed E-state index contributed by atoms with van der Waals surface area (Å²) >= 11 is 1.66. The first-order valence-corrected chi connectivity index (χ1v) is 7.05. The number of nitrogens with zero attached hydrogens (tertiary/aromatic N) is 1. The van der Waals surface area contributed by atoms with Gasteiger partial charge < -0.3 is 14.6 Å². The number of rotatable bonds is 5. The molecule has 0 aliphatic heterocycles. The predicted molar refractivity (Wildman–Crippen MR) is 76.5 cm³/mol. The Morgan fingerprint density at radius 1 is 1.42 bits per heavy atom. The Bertz CT molecular complexity index is 531. The molecule has 19 heavy (non-hydrogen) atoms. The quantitative estimate of drug-likeness (QED) is 0.914. The van der Waals surface area contributed by atoms with Crippen molar-refractivity contribution in [1.29, 1.82) is 0 Å². The van der Waals surface area contributed by atoms with Crippen molar-refractivity contribution in [3.8, 4) is 0 Å². The summed E-state index contributed by atoms with van der Waals surface area (Å²) in [5.41, 5.74) is 1.21. The van der Waals surface area contributed by atoms with Crippen LogP contribution in [0.4, 0.5) is 0 Å². The fraction of sp³-hybridized carbons (Fsp3) is 0.357. The Labute approximate surface area is 117 Å². The number of carbonyl (C=O) groups excluding carboxylic acids is 1. The van der Waals surface area contributed by atoms with Crippen LogP contribution in [-0.2, 0) is 0 Å². The number of hydrogen-bond donors (Lipinski definition) is 1. The van der Waals surface area contributed by atoms with Gasteiger partial charge in [0.15, 0.2) is 5.76 Å². The molecule has 0 saturated carbocycles. The molecule has 0 spiro atoms. The van der Waals surface area contributed by atoms with E-state index < -0.39 is 0 Å². The first-order chi connectivity index (χ1) is 9.08. The molecule has 2 rings (SSSR count). The molecule has 1 amide bonds. The second-order valence-electron chi connectivity index (χ2n) is 4.66. The van der Waals surface area contributed by atoms with E-state index in [9.17, 15) is 4.79 Å². The summed E-state index contributed by atoms with van der Waals surface area (Å²) in [7, 11) is 4.01. The van der Waals surface area contributed by atoms with E-state index in [1.807, 2.05) is 26.4 Å². The highest BCUT2D eigenvalue weighted by atomic mass is 32.1. The SMILES string of the molecule is Cc1ccc(C(=O)NC[C@@H](c2ccsc2)N(C)C)o1. The molecule has 4 nitrogen and oxygen atoms in total. The molecule has 1 N–H and O–H groups in total. The standard InChI is InChI=1S/C14H18N2O2S/c1-10-4-5-13(18-10)14(17)15-8-12(16(2)3)11-6-7-19-9-11/h4-7,9,12H,8H2,1-3H3,(H,15,17)/t12-/m0/s1. The highest BCUT2D eigenvalue weighted by molar-refractivity contribution is 7.07. The third-order valence-electron chi connectivity index (χ3n) is 2.97. The lowest BCUT2D eigenvalue weighted by Gasteiger charge is -2.23. The summed E-state index contributed by atoms with van der Waals surface area (Å²) < 4.78 is 5.31. The summed E-state index contributed by atoms with van der Waals surface area (Å²) in [6.07, 6.45) is 0. The largest absolute Gasteiger partial charge is 0.456 e. The fourth-order valence-corrected chi connectivity index (χ4v) is 2.60. The van der Waals surface area contributed by atoms with Crippen LogP contribution in [0.2, 0.25) is 0 Å². The predicted octanol–water partition coefficient (Wildman–Crippen LogP) is 2.68. The fourth-order valence-electron chi connectivity index (χ4n) is 1.90. The van der Waals surface area contributed by atoms with Gasteiger partial charge in [-0.05, 0) is 55.5 Å². The molecule has 0 radical (unpaired) electrons. The van der Waals surface area contributed by atoms with Crippen molar-refractivity contribution < 1.29 is 9.21 Å². The monoisotopic (exact) mass is 278 g/mol. The first-order valence-electron chi connectivity index (χ1n) is 6.11. The van der Waals surface area contributed by atoms with E-state index in [-0.39, 0.29) is 11.9 Å². The highest BCUT2D eigenvalue weighted by Gasteiger charge is 2.17. The van der Waals surface area contributed by atoms with Crippen molar-refractivity contribution in [3.05, 3.63) is 46.0 Å². The van der Waals surface area contributed by atoms with Gasteiger partial charge >= 0.3 is 0 Å². The van der Waals surface area contributed by atoms with Gasteiger partial charge in [0.2, 0.25) is 0 Å². The van der Waals surface area contributed by atoms with Gasteiger partial charge in [0.25, 0.3) is 5.91 Å². The minimum absolute atomic E-state index is 0.171. The molecule has 0 bridgehead atoms. The number of nitrogens with one attached hydrogen (secondary N) is 1. The van der Waals surface area contributed by atoms with E-state index in [0.29, 0.717) is 12.3 Å². The molecular weight excluding hydrogens is 260 g/mol. The molecule has 0 aromatic carbocycles. The first kappa shape index (κ1) is 13.8. The van der Waals surface area contributed by atoms with Crippen LogP contribution < -0.4 is 5.32 Å². The Balaban J connectivity index is 1.98. The van der Waals surface area contributed by atoms with Gasteiger partial charge in [-0.2, -0.15) is 11.3 Å². The van der Waals surface area contributed by atoms with Crippen LogP contribution in [0.15, 0.2) is 33.4 Å². The van der Waals surface area contributed by atoms with E-state index in [1.165, 1.54) is 5.56 Å². The smallest absolute Gasteiger partial charge is 0.287 e. The Kier molecular flexibility index (Phi) is 4.39. The third kappa shape index (κ3) is 3.45. The van der Waals surface area contributed by atoms with E-state index in [4.69, 9.17) is 4.42 Å². The van der Waals surface area contributed by atoms with Crippen LogP contribution >= 0.6 is 11.3 Å². The maximum atomic E-state index is 11.9. The average molecular weight is 278 g/mol. The molecule has 5 heteroatoms. The molecule has 102 valence electrons. The Hall–Kier alpha value is -1.59. The number of thiophene rings is 1. The maximum Gasteiger partial charge on any atom is 0.287 e. The van der Waals surface area contributed by atoms with Gasteiger partial charge in [0.05, 0.1) is 6.04 Å². The van der Waals surface area contributed by atoms with Crippen molar-refractivity contribution in [2.24, 2.45) is 0 Å². The number of aryl methyl sites for hydroxylation is 1. The number of hydrogen-bond acceptors (Lipinski definition) is 4. The lowest BCUT2D eigenvalue weighted by Crippen LogP contribution is -2.34. The van der Waals surface area contributed by atoms with Gasteiger partial charge in [-0.25, -0.2) is 0 Å². The van der Waals surface area contributed by atoms with Crippen LogP contribution in [0.5, 0.6) is 0 Å². The molecule has 0 aliphatic carbocycles. The van der Waals surface area contributed by atoms with E-state index >= 15 is 0 Å². The van der Waals surface area contributed by atoms with Gasteiger partial charge in [0, 0.05) is 6.54 Å².